The van der Waals surface area contributed by atoms with Gasteiger partial charge in [0.2, 0.25) is 5.91 Å². The molecule has 1 fully saturated rings. The number of benzene rings is 1. The number of carbonyl (C=O) groups is 2. The quantitative estimate of drug-likeness (QED) is 0.853. The molecule has 114 valence electrons. The van der Waals surface area contributed by atoms with Crippen LogP contribution in [0, 0.1) is 17.2 Å². The predicted molar refractivity (Wildman–Crippen MR) is 80.7 cm³/mol. The summed E-state index contributed by atoms with van der Waals surface area (Å²) in [6, 6.07) is 7.84. The van der Waals surface area contributed by atoms with Gasteiger partial charge in [-0.25, -0.2) is 0 Å². The molecule has 1 aromatic carbocycles. The first-order chi connectivity index (χ1) is 10.6. The highest BCUT2D eigenvalue weighted by atomic mass is 16.4. The van der Waals surface area contributed by atoms with E-state index in [9.17, 15) is 9.59 Å². The van der Waals surface area contributed by atoms with Crippen LogP contribution in [-0.4, -0.2) is 36.6 Å². The van der Waals surface area contributed by atoms with Gasteiger partial charge >= 0.3 is 5.97 Å². The molecule has 0 saturated carbocycles. The molecule has 0 atom stereocenters. The number of carboxylic acids is 1. The van der Waals surface area contributed by atoms with Crippen molar-refractivity contribution in [2.45, 2.75) is 19.3 Å². The molecule has 6 heteroatoms. The highest BCUT2D eigenvalue weighted by molar-refractivity contribution is 6.02. The lowest BCUT2D eigenvalue weighted by Crippen LogP contribution is -2.36. The Kier molecular flexibility index (Phi) is 3.72. The average Bonchev–Trinajstić information content (AvgIpc) is 2.83. The van der Waals surface area contributed by atoms with Crippen molar-refractivity contribution in [3.05, 3.63) is 23.8 Å². The van der Waals surface area contributed by atoms with Gasteiger partial charge in [-0.3, -0.25) is 14.5 Å². The summed E-state index contributed by atoms with van der Waals surface area (Å²) >= 11 is 0. The number of carboxylic acid groups (broad SMARTS) is 1. The predicted octanol–water partition coefficient (Wildman–Crippen LogP) is 1.40. The number of hydrogen-bond acceptors (Lipinski definition) is 4. The van der Waals surface area contributed by atoms with Crippen LogP contribution in [0.2, 0.25) is 0 Å². The van der Waals surface area contributed by atoms with Gasteiger partial charge in [0.1, 0.15) is 6.54 Å². The van der Waals surface area contributed by atoms with Crippen LogP contribution in [0.5, 0.6) is 0 Å². The molecule has 6 nitrogen and oxygen atoms in total. The zero-order chi connectivity index (χ0) is 15.7. The molecule has 0 radical (unpaired) electrons. The Bertz CT molecular complexity index is 657. The first-order valence-electron chi connectivity index (χ1n) is 7.38. The fourth-order valence-corrected chi connectivity index (χ4v) is 3.19. The van der Waals surface area contributed by atoms with E-state index in [1.807, 2.05) is 24.3 Å². The second kappa shape index (κ2) is 5.68. The molecular formula is C16H17N3O3. The van der Waals surface area contributed by atoms with Crippen molar-refractivity contribution < 1.29 is 14.7 Å². The van der Waals surface area contributed by atoms with Crippen LogP contribution in [-0.2, 0) is 16.0 Å². The zero-order valence-electron chi connectivity index (χ0n) is 12.2. The van der Waals surface area contributed by atoms with E-state index < -0.39 is 5.97 Å². The minimum atomic E-state index is -0.716. The van der Waals surface area contributed by atoms with Gasteiger partial charge in [0.15, 0.2) is 0 Å². The molecule has 22 heavy (non-hydrogen) atoms. The van der Waals surface area contributed by atoms with E-state index in [1.165, 1.54) is 4.90 Å². The summed E-state index contributed by atoms with van der Waals surface area (Å²) in [6.45, 7) is 1.51. The summed E-state index contributed by atoms with van der Waals surface area (Å²) < 4.78 is 0. The standard InChI is InChI=1S/C16H17N3O3/c17-5-8-19-14-2-1-13(9-12(14)10-15(19)20)18-6-3-11(4-7-18)16(21)22/h1-2,9,11H,3-4,6-8,10H2,(H,21,22). The van der Waals surface area contributed by atoms with E-state index in [-0.39, 0.29) is 18.4 Å². The lowest BCUT2D eigenvalue weighted by molar-refractivity contribution is -0.142. The Morgan fingerprint density at radius 2 is 2.09 bits per heavy atom. The first-order valence-corrected chi connectivity index (χ1v) is 7.38. The van der Waals surface area contributed by atoms with Crippen LogP contribution in [0.3, 0.4) is 0 Å². The molecule has 3 rings (SSSR count). The largest absolute Gasteiger partial charge is 0.481 e. The third-order valence-electron chi connectivity index (χ3n) is 4.43. The van der Waals surface area contributed by atoms with E-state index in [0.717, 1.165) is 16.9 Å². The van der Waals surface area contributed by atoms with Crippen LogP contribution >= 0.6 is 0 Å². The van der Waals surface area contributed by atoms with E-state index >= 15 is 0 Å². The number of nitriles is 1. The zero-order valence-corrected chi connectivity index (χ0v) is 12.2. The third kappa shape index (κ3) is 2.50. The molecule has 1 N–H and O–H groups in total. The molecule has 1 aromatic rings. The number of rotatable bonds is 3. The first kappa shape index (κ1) is 14.4. The van der Waals surface area contributed by atoms with Gasteiger partial charge in [-0.2, -0.15) is 5.26 Å². The summed E-state index contributed by atoms with van der Waals surface area (Å²) in [4.78, 5) is 26.6. The number of anilines is 2. The highest BCUT2D eigenvalue weighted by Gasteiger charge is 2.29. The molecule has 0 aliphatic carbocycles. The summed E-state index contributed by atoms with van der Waals surface area (Å²) in [5.74, 6) is -1.01. The SMILES string of the molecule is N#CCN1C(=O)Cc2cc(N3CCC(C(=O)O)CC3)ccc21. The number of fused-ring (bicyclic) bond motifs is 1. The molecule has 0 aromatic heterocycles. The maximum atomic E-state index is 11.9. The van der Waals surface area contributed by atoms with Crippen LogP contribution < -0.4 is 9.80 Å². The van der Waals surface area contributed by atoms with Crippen molar-refractivity contribution in [2.75, 3.05) is 29.4 Å². The molecular weight excluding hydrogens is 282 g/mol. The van der Waals surface area contributed by atoms with Gasteiger partial charge in [0, 0.05) is 24.5 Å². The van der Waals surface area contributed by atoms with E-state index in [2.05, 4.69) is 4.90 Å². The van der Waals surface area contributed by atoms with Crippen molar-refractivity contribution in [1.82, 2.24) is 0 Å². The molecule has 2 aliphatic heterocycles. The van der Waals surface area contributed by atoms with Crippen LogP contribution in [0.4, 0.5) is 11.4 Å². The normalized spacial score (nSPS) is 18.2. The van der Waals surface area contributed by atoms with Gasteiger partial charge in [-0.1, -0.05) is 0 Å². The minimum Gasteiger partial charge on any atom is -0.481 e. The third-order valence-corrected chi connectivity index (χ3v) is 4.43. The Labute approximate surface area is 128 Å². The Hall–Kier alpha value is -2.55. The van der Waals surface area contributed by atoms with Gasteiger partial charge in [0.05, 0.1) is 18.4 Å². The maximum Gasteiger partial charge on any atom is 0.306 e. The van der Waals surface area contributed by atoms with Crippen LogP contribution in [0.15, 0.2) is 18.2 Å². The smallest absolute Gasteiger partial charge is 0.306 e. The number of piperidine rings is 1. The van der Waals surface area contributed by atoms with Gasteiger partial charge in [-0.05, 0) is 36.6 Å². The lowest BCUT2D eigenvalue weighted by Gasteiger charge is -2.32. The summed E-state index contributed by atoms with van der Waals surface area (Å²) in [6.07, 6.45) is 1.62. The van der Waals surface area contributed by atoms with Gasteiger partial charge in [-0.15, -0.1) is 0 Å². The summed E-state index contributed by atoms with van der Waals surface area (Å²) in [5, 5.41) is 17.8. The lowest BCUT2D eigenvalue weighted by atomic mass is 9.96. The van der Waals surface area contributed by atoms with E-state index in [1.54, 1.807) is 0 Å². The summed E-state index contributed by atoms with van der Waals surface area (Å²) in [7, 11) is 0. The molecule has 0 bridgehead atoms. The minimum absolute atomic E-state index is 0.0433. The van der Waals surface area contributed by atoms with Crippen molar-refractivity contribution >= 4 is 23.3 Å². The molecule has 2 heterocycles. The molecule has 0 unspecified atom stereocenters. The highest BCUT2D eigenvalue weighted by Crippen LogP contribution is 2.33. The van der Waals surface area contributed by atoms with Crippen LogP contribution in [0.1, 0.15) is 18.4 Å². The van der Waals surface area contributed by atoms with Crippen molar-refractivity contribution in [2.24, 2.45) is 5.92 Å². The van der Waals surface area contributed by atoms with Crippen LogP contribution in [0.25, 0.3) is 0 Å². The Morgan fingerprint density at radius 1 is 1.36 bits per heavy atom. The second-order valence-corrected chi connectivity index (χ2v) is 5.73. The second-order valence-electron chi connectivity index (χ2n) is 5.73. The van der Waals surface area contributed by atoms with Crippen molar-refractivity contribution in [3.8, 4) is 6.07 Å². The molecule has 2 aliphatic rings. The monoisotopic (exact) mass is 299 g/mol. The number of aliphatic carboxylic acids is 1. The van der Waals surface area contributed by atoms with Gasteiger partial charge in [0.25, 0.3) is 0 Å². The fourth-order valence-electron chi connectivity index (χ4n) is 3.19. The van der Waals surface area contributed by atoms with Crippen molar-refractivity contribution in [3.63, 3.8) is 0 Å². The van der Waals surface area contributed by atoms with Crippen molar-refractivity contribution in [1.29, 1.82) is 5.26 Å². The number of amides is 1. The number of nitrogens with zero attached hydrogens (tertiary/aromatic N) is 3. The Morgan fingerprint density at radius 3 is 2.73 bits per heavy atom. The average molecular weight is 299 g/mol. The van der Waals surface area contributed by atoms with E-state index in [4.69, 9.17) is 10.4 Å². The van der Waals surface area contributed by atoms with Gasteiger partial charge < -0.3 is 10.0 Å². The summed E-state index contributed by atoms with van der Waals surface area (Å²) in [5.41, 5.74) is 2.78. The maximum absolute atomic E-state index is 11.9. The number of carbonyl (C=O) groups excluding carboxylic acids is 1. The molecule has 1 amide bonds. The molecule has 1 saturated heterocycles. The Balaban J connectivity index is 1.76. The molecule has 0 spiro atoms. The topological polar surface area (TPSA) is 84.6 Å². The number of hydrogen-bond donors (Lipinski definition) is 1. The fraction of sp³-hybridized carbons (Fsp3) is 0.438. The van der Waals surface area contributed by atoms with E-state index in [0.29, 0.717) is 32.4 Å².